The fraction of sp³-hybridized carbons (Fsp3) is 0.667. The lowest BCUT2D eigenvalue weighted by molar-refractivity contribution is -0.150. The Morgan fingerprint density at radius 1 is 0.878 bits per heavy atom. The van der Waals surface area contributed by atoms with Crippen molar-refractivity contribution in [3.63, 3.8) is 0 Å². The Bertz CT molecular complexity index is 988. The van der Waals surface area contributed by atoms with Crippen molar-refractivity contribution in [3.05, 3.63) is 23.8 Å². The highest BCUT2D eigenvalue weighted by molar-refractivity contribution is 5.75. The van der Waals surface area contributed by atoms with E-state index >= 15 is 0 Å². The van der Waals surface area contributed by atoms with Crippen LogP contribution in [0.2, 0.25) is 0 Å². The Labute approximate surface area is 243 Å². The molecular weight excluding hydrogens is 534 g/mol. The summed E-state index contributed by atoms with van der Waals surface area (Å²) in [4.78, 5) is 48.9. The van der Waals surface area contributed by atoms with Crippen LogP contribution < -0.4 is 15.2 Å². The SMILES string of the molecule is CCCCCOC(=O)Oc1ccc(C(CC(C)OC(=O)CC(C)(C)C)[C@H](N)C(=O)O)cc1OC(=O)OCCCCC. The van der Waals surface area contributed by atoms with Crippen LogP contribution in [-0.4, -0.2) is 54.7 Å². The number of hydrogen-bond donors (Lipinski definition) is 2. The van der Waals surface area contributed by atoms with E-state index in [2.05, 4.69) is 0 Å². The number of rotatable bonds is 17. The monoisotopic (exact) mass is 581 g/mol. The molecule has 0 amide bonds. The Morgan fingerprint density at radius 3 is 1.90 bits per heavy atom. The van der Waals surface area contributed by atoms with Crippen molar-refractivity contribution in [3.8, 4) is 11.5 Å². The Morgan fingerprint density at radius 2 is 1.41 bits per heavy atom. The summed E-state index contributed by atoms with van der Waals surface area (Å²) in [5, 5.41) is 9.69. The molecule has 3 atom stereocenters. The molecule has 0 spiro atoms. The smallest absolute Gasteiger partial charge is 0.480 e. The van der Waals surface area contributed by atoms with Gasteiger partial charge in [0.15, 0.2) is 11.5 Å². The summed E-state index contributed by atoms with van der Waals surface area (Å²) >= 11 is 0. The minimum absolute atomic E-state index is 0.0733. The van der Waals surface area contributed by atoms with Gasteiger partial charge in [-0.25, -0.2) is 9.59 Å². The Balaban J connectivity index is 3.23. The van der Waals surface area contributed by atoms with Crippen molar-refractivity contribution in [2.45, 2.75) is 111 Å². The van der Waals surface area contributed by atoms with E-state index in [0.717, 1.165) is 25.7 Å². The zero-order valence-corrected chi connectivity index (χ0v) is 25.2. The zero-order valence-electron chi connectivity index (χ0n) is 25.2. The Hall–Kier alpha value is -3.34. The molecule has 1 aromatic carbocycles. The van der Waals surface area contributed by atoms with E-state index in [0.29, 0.717) is 18.4 Å². The molecule has 0 saturated carbocycles. The molecule has 0 bridgehead atoms. The lowest BCUT2D eigenvalue weighted by Gasteiger charge is -2.26. The van der Waals surface area contributed by atoms with E-state index in [-0.39, 0.29) is 43.0 Å². The second-order valence-corrected chi connectivity index (χ2v) is 11.3. The van der Waals surface area contributed by atoms with Crippen LogP contribution >= 0.6 is 0 Å². The fourth-order valence-corrected chi connectivity index (χ4v) is 3.94. The molecule has 41 heavy (non-hydrogen) atoms. The maximum atomic E-state index is 12.4. The molecule has 0 radical (unpaired) electrons. The third-order valence-electron chi connectivity index (χ3n) is 6.03. The second-order valence-electron chi connectivity index (χ2n) is 11.3. The maximum absolute atomic E-state index is 12.4. The molecule has 0 fully saturated rings. The van der Waals surface area contributed by atoms with Crippen molar-refractivity contribution >= 4 is 24.2 Å². The van der Waals surface area contributed by atoms with E-state index in [1.54, 1.807) is 6.92 Å². The van der Waals surface area contributed by atoms with Gasteiger partial charge in [-0.15, -0.1) is 0 Å². The van der Waals surface area contributed by atoms with Crippen LogP contribution in [0.1, 0.15) is 104 Å². The molecule has 2 unspecified atom stereocenters. The predicted octanol–water partition coefficient (Wildman–Crippen LogP) is 6.35. The first kappa shape index (κ1) is 35.7. The van der Waals surface area contributed by atoms with Gasteiger partial charge in [0.05, 0.1) is 25.7 Å². The third-order valence-corrected chi connectivity index (χ3v) is 6.03. The van der Waals surface area contributed by atoms with Crippen molar-refractivity contribution in [2.75, 3.05) is 13.2 Å². The quantitative estimate of drug-likeness (QED) is 0.0912. The minimum Gasteiger partial charge on any atom is -0.480 e. The van der Waals surface area contributed by atoms with Gasteiger partial charge in [-0.05, 0) is 49.3 Å². The third kappa shape index (κ3) is 14.7. The molecule has 0 aliphatic carbocycles. The molecule has 1 aromatic rings. The molecule has 1 rings (SSSR count). The Kier molecular flexibility index (Phi) is 15.8. The first-order valence-corrected chi connectivity index (χ1v) is 14.3. The van der Waals surface area contributed by atoms with Gasteiger partial charge in [-0.3, -0.25) is 9.59 Å². The van der Waals surface area contributed by atoms with Crippen molar-refractivity contribution < 1.29 is 48.0 Å². The van der Waals surface area contributed by atoms with E-state index in [9.17, 15) is 24.3 Å². The molecule has 11 heteroatoms. The van der Waals surface area contributed by atoms with Crippen molar-refractivity contribution in [1.82, 2.24) is 0 Å². The molecular formula is C30H47NO10. The number of nitrogens with two attached hydrogens (primary N) is 1. The number of unbranched alkanes of at least 4 members (excludes halogenated alkanes) is 4. The molecule has 3 N–H and O–H groups in total. The minimum atomic E-state index is -1.37. The van der Waals surface area contributed by atoms with Crippen LogP contribution in [-0.2, 0) is 23.8 Å². The van der Waals surface area contributed by atoms with Gasteiger partial charge < -0.3 is 34.5 Å². The molecule has 232 valence electrons. The van der Waals surface area contributed by atoms with Crippen LogP contribution in [0.5, 0.6) is 11.5 Å². The standard InChI is InChI=1S/C30H47NO10/c1-7-9-11-15-37-28(35)40-23-14-13-21(18-24(23)41-29(36)38-16-12-10-8-2)22(26(31)27(33)34)17-20(3)39-25(32)19-30(4,5)6/h13-14,18,20,22,26H,7-12,15-17,19,31H2,1-6H3,(H,33,34)/t20?,22?,26-/m0/s1. The summed E-state index contributed by atoms with van der Waals surface area (Å²) in [6.07, 6.45) is 2.57. The van der Waals surface area contributed by atoms with E-state index < -0.39 is 42.3 Å². The van der Waals surface area contributed by atoms with Gasteiger partial charge in [0, 0.05) is 5.92 Å². The number of carboxylic acids is 1. The van der Waals surface area contributed by atoms with Crippen LogP contribution in [0.15, 0.2) is 18.2 Å². The lowest BCUT2D eigenvalue weighted by atomic mass is 9.86. The molecule has 0 heterocycles. The number of aliphatic carboxylic acids is 1. The van der Waals surface area contributed by atoms with Crippen LogP contribution in [0, 0.1) is 5.41 Å². The number of hydrogen-bond acceptors (Lipinski definition) is 10. The first-order chi connectivity index (χ1) is 19.3. The van der Waals surface area contributed by atoms with Crippen molar-refractivity contribution in [2.24, 2.45) is 11.1 Å². The maximum Gasteiger partial charge on any atom is 0.513 e. The van der Waals surface area contributed by atoms with Gasteiger partial charge in [0.25, 0.3) is 0 Å². The van der Waals surface area contributed by atoms with E-state index in [1.165, 1.54) is 18.2 Å². The number of ether oxygens (including phenoxy) is 5. The summed E-state index contributed by atoms with van der Waals surface area (Å²) in [7, 11) is 0. The highest BCUT2D eigenvalue weighted by Gasteiger charge is 2.31. The topological polar surface area (TPSA) is 161 Å². The summed E-state index contributed by atoms with van der Waals surface area (Å²) in [5.74, 6) is -2.82. The highest BCUT2D eigenvalue weighted by Crippen LogP contribution is 2.35. The fourth-order valence-electron chi connectivity index (χ4n) is 3.94. The van der Waals surface area contributed by atoms with Crippen LogP contribution in [0.4, 0.5) is 9.59 Å². The number of benzene rings is 1. The average molecular weight is 582 g/mol. The molecule has 0 aromatic heterocycles. The average Bonchev–Trinajstić information content (AvgIpc) is 2.87. The van der Waals surface area contributed by atoms with E-state index in [4.69, 9.17) is 29.4 Å². The van der Waals surface area contributed by atoms with Gasteiger partial charge >= 0.3 is 24.2 Å². The zero-order chi connectivity index (χ0) is 31.0. The number of carbonyl (C=O) groups excluding carboxylic acids is 3. The lowest BCUT2D eigenvalue weighted by Crippen LogP contribution is -2.38. The van der Waals surface area contributed by atoms with Gasteiger partial charge in [0.2, 0.25) is 0 Å². The van der Waals surface area contributed by atoms with Crippen LogP contribution in [0.25, 0.3) is 0 Å². The molecule has 11 nitrogen and oxygen atoms in total. The normalized spacial score (nSPS) is 13.4. The second kappa shape index (κ2) is 18.2. The molecule has 0 aliphatic rings. The van der Waals surface area contributed by atoms with Crippen molar-refractivity contribution in [1.29, 1.82) is 0 Å². The first-order valence-electron chi connectivity index (χ1n) is 14.3. The predicted molar refractivity (Wildman–Crippen MR) is 152 cm³/mol. The number of esters is 1. The van der Waals surface area contributed by atoms with Crippen LogP contribution in [0.3, 0.4) is 0 Å². The largest absolute Gasteiger partial charge is 0.513 e. The molecule has 0 saturated heterocycles. The summed E-state index contributed by atoms with van der Waals surface area (Å²) in [6.45, 7) is 11.7. The molecule has 0 aliphatic heterocycles. The summed E-state index contributed by atoms with van der Waals surface area (Å²) in [6, 6.07) is 2.86. The van der Waals surface area contributed by atoms with Gasteiger partial charge in [-0.2, -0.15) is 0 Å². The highest BCUT2D eigenvalue weighted by atomic mass is 16.7. The number of carboxylic acid groups (broad SMARTS) is 1. The van der Waals surface area contributed by atoms with E-state index in [1.807, 2.05) is 34.6 Å². The summed E-state index contributed by atoms with van der Waals surface area (Å²) < 4.78 is 26.4. The van der Waals surface area contributed by atoms with Gasteiger partial charge in [0.1, 0.15) is 6.04 Å². The number of carbonyl (C=O) groups is 4. The summed E-state index contributed by atoms with van der Waals surface area (Å²) in [5.41, 5.74) is 6.13. The van der Waals surface area contributed by atoms with Gasteiger partial charge in [-0.1, -0.05) is 66.4 Å².